The van der Waals surface area contributed by atoms with Gasteiger partial charge in [0.05, 0.1) is 5.02 Å². The van der Waals surface area contributed by atoms with Crippen molar-refractivity contribution in [2.24, 2.45) is 0 Å². The Kier molecular flexibility index (Phi) is 7.05. The van der Waals surface area contributed by atoms with Gasteiger partial charge in [0, 0.05) is 5.56 Å². The molecule has 7 nitrogen and oxygen atoms in total. The van der Waals surface area contributed by atoms with Crippen molar-refractivity contribution >= 4 is 40.7 Å². The summed E-state index contributed by atoms with van der Waals surface area (Å²) in [7, 11) is 0. The monoisotopic (exact) mass is 443 g/mol. The molecule has 3 rings (SSSR count). The molecule has 0 aliphatic heterocycles. The highest BCUT2D eigenvalue weighted by Crippen LogP contribution is 2.28. The third kappa shape index (κ3) is 5.82. The maximum Gasteiger partial charge on any atom is 0.293 e. The predicted molar refractivity (Wildman–Crippen MR) is 117 cm³/mol. The van der Waals surface area contributed by atoms with Gasteiger partial charge in [0.1, 0.15) is 11.5 Å². The molecule has 2 amide bonds. The number of hydrogen-bond acceptors (Lipinski definition) is 5. The molecule has 1 heterocycles. The van der Waals surface area contributed by atoms with Crippen LogP contribution < -0.4 is 20.9 Å². The van der Waals surface area contributed by atoms with Crippen LogP contribution in [0.3, 0.4) is 0 Å². The van der Waals surface area contributed by atoms with Crippen molar-refractivity contribution in [1.29, 1.82) is 0 Å². The van der Waals surface area contributed by atoms with Crippen molar-refractivity contribution in [2.75, 3.05) is 6.61 Å². The van der Waals surface area contributed by atoms with Gasteiger partial charge in [-0.3, -0.25) is 25.8 Å². The van der Waals surface area contributed by atoms with Crippen LogP contribution in [0.1, 0.15) is 16.1 Å². The zero-order valence-corrected chi connectivity index (χ0v) is 17.5. The smallest absolute Gasteiger partial charge is 0.293 e. The minimum atomic E-state index is -0.573. The average molecular weight is 444 g/mol. The van der Waals surface area contributed by atoms with E-state index in [0.717, 1.165) is 5.56 Å². The fourth-order valence-corrected chi connectivity index (χ4v) is 2.78. The summed E-state index contributed by atoms with van der Waals surface area (Å²) in [6.07, 6.45) is 0. The highest BCUT2D eigenvalue weighted by atomic mass is 35.5. The Morgan fingerprint density at radius 1 is 1.03 bits per heavy atom. The predicted octanol–water partition coefficient (Wildman–Crippen LogP) is 3.62. The number of hydrazine groups is 1. The summed E-state index contributed by atoms with van der Waals surface area (Å²) in [5.74, 6) is 0.0233. The zero-order chi connectivity index (χ0) is 21.5. The first-order chi connectivity index (χ1) is 14.4. The van der Waals surface area contributed by atoms with Gasteiger partial charge in [-0.05, 0) is 55.5 Å². The molecule has 0 bridgehead atoms. The van der Waals surface area contributed by atoms with Gasteiger partial charge in [0.15, 0.2) is 17.5 Å². The molecule has 0 aliphatic carbocycles. The number of amides is 2. The van der Waals surface area contributed by atoms with E-state index in [-0.39, 0.29) is 17.5 Å². The second kappa shape index (κ2) is 9.91. The molecule has 0 unspecified atom stereocenters. The molecular weight excluding hydrogens is 426 g/mol. The van der Waals surface area contributed by atoms with E-state index in [1.807, 2.05) is 25.1 Å². The van der Waals surface area contributed by atoms with Crippen molar-refractivity contribution in [1.82, 2.24) is 16.2 Å². The number of nitrogens with one attached hydrogen (secondary N) is 3. The summed E-state index contributed by atoms with van der Waals surface area (Å²) in [6.45, 7) is 1.74. The van der Waals surface area contributed by atoms with Crippen LogP contribution in [0.5, 0.6) is 5.75 Å². The molecule has 1 aromatic heterocycles. The van der Waals surface area contributed by atoms with Crippen molar-refractivity contribution in [3.63, 3.8) is 0 Å². The second-order valence-electron chi connectivity index (χ2n) is 6.20. The molecule has 0 spiro atoms. The fraction of sp³-hybridized carbons (Fsp3) is 0.0952. The number of furan rings is 1. The Hall–Kier alpha value is -3.36. The van der Waals surface area contributed by atoms with Crippen LogP contribution in [0.25, 0.3) is 11.3 Å². The molecular formula is C21H18ClN3O4S. The van der Waals surface area contributed by atoms with Crippen LogP contribution in [0.15, 0.2) is 65.1 Å². The SMILES string of the molecule is Cc1ccc(OCC(=O)NNC(=S)NC(=O)c2ccc(-c3ccccc3Cl)o2)cc1. The van der Waals surface area contributed by atoms with E-state index in [4.69, 9.17) is 33.0 Å². The van der Waals surface area contributed by atoms with Crippen molar-refractivity contribution in [3.8, 4) is 17.1 Å². The van der Waals surface area contributed by atoms with Gasteiger partial charge in [0.2, 0.25) is 0 Å². The average Bonchev–Trinajstić information content (AvgIpc) is 3.22. The largest absolute Gasteiger partial charge is 0.484 e. The number of carbonyl (C=O) groups is 2. The van der Waals surface area contributed by atoms with E-state index in [0.29, 0.717) is 22.1 Å². The Balaban J connectivity index is 1.45. The Labute approximate surface area is 183 Å². The molecule has 0 atom stereocenters. The van der Waals surface area contributed by atoms with Gasteiger partial charge in [-0.1, -0.05) is 41.4 Å². The lowest BCUT2D eigenvalue weighted by atomic mass is 10.2. The molecule has 0 radical (unpaired) electrons. The zero-order valence-electron chi connectivity index (χ0n) is 15.9. The molecule has 0 fully saturated rings. The summed E-state index contributed by atoms with van der Waals surface area (Å²) >= 11 is 11.1. The van der Waals surface area contributed by atoms with Crippen molar-refractivity contribution < 1.29 is 18.7 Å². The summed E-state index contributed by atoms with van der Waals surface area (Å²) in [4.78, 5) is 24.1. The van der Waals surface area contributed by atoms with E-state index in [9.17, 15) is 9.59 Å². The molecule has 0 saturated carbocycles. The number of rotatable bonds is 5. The highest BCUT2D eigenvalue weighted by molar-refractivity contribution is 7.80. The van der Waals surface area contributed by atoms with Crippen LogP contribution in [-0.4, -0.2) is 23.5 Å². The van der Waals surface area contributed by atoms with Crippen LogP contribution in [-0.2, 0) is 4.79 Å². The van der Waals surface area contributed by atoms with Crippen molar-refractivity contribution in [2.45, 2.75) is 6.92 Å². The molecule has 0 saturated heterocycles. The molecule has 3 aromatic rings. The third-order valence-corrected chi connectivity index (χ3v) is 4.44. The van der Waals surface area contributed by atoms with E-state index in [2.05, 4.69) is 16.2 Å². The maximum absolute atomic E-state index is 12.3. The fourth-order valence-electron chi connectivity index (χ4n) is 2.41. The first kappa shape index (κ1) is 21.4. The lowest BCUT2D eigenvalue weighted by Crippen LogP contribution is -2.49. The number of aryl methyl sites for hydroxylation is 1. The molecule has 3 N–H and O–H groups in total. The minimum Gasteiger partial charge on any atom is -0.484 e. The lowest BCUT2D eigenvalue weighted by Gasteiger charge is -2.11. The summed E-state index contributed by atoms with van der Waals surface area (Å²) in [6, 6.07) is 17.5. The summed E-state index contributed by atoms with van der Waals surface area (Å²) < 4.78 is 10.9. The first-order valence-electron chi connectivity index (χ1n) is 8.87. The number of benzene rings is 2. The van der Waals surface area contributed by atoms with Crippen LogP contribution >= 0.6 is 23.8 Å². The molecule has 2 aromatic carbocycles. The maximum atomic E-state index is 12.3. The van der Waals surface area contributed by atoms with Gasteiger partial charge in [-0.15, -0.1) is 0 Å². The van der Waals surface area contributed by atoms with E-state index >= 15 is 0 Å². The normalized spacial score (nSPS) is 10.2. The summed E-state index contributed by atoms with van der Waals surface area (Å²) in [5.41, 5.74) is 6.53. The standard InChI is InChI=1S/C21H18ClN3O4S/c1-13-6-8-14(9-7-13)28-12-19(26)24-25-21(30)23-20(27)18-11-10-17(29-18)15-4-2-3-5-16(15)22/h2-11H,12H2,1H3,(H,24,26)(H2,23,25,27,30). The van der Waals surface area contributed by atoms with Gasteiger partial charge >= 0.3 is 0 Å². The number of ether oxygens (including phenoxy) is 1. The Bertz CT molecular complexity index is 1070. The number of thiocarbonyl (C=S) groups is 1. The Morgan fingerprint density at radius 2 is 1.77 bits per heavy atom. The van der Waals surface area contributed by atoms with Crippen molar-refractivity contribution in [3.05, 3.63) is 77.0 Å². The second-order valence-corrected chi connectivity index (χ2v) is 7.02. The van der Waals surface area contributed by atoms with E-state index in [1.54, 1.807) is 36.4 Å². The molecule has 9 heteroatoms. The molecule has 0 aliphatic rings. The topological polar surface area (TPSA) is 92.6 Å². The molecule has 154 valence electrons. The lowest BCUT2D eigenvalue weighted by molar-refractivity contribution is -0.123. The van der Waals surface area contributed by atoms with E-state index in [1.165, 1.54) is 6.07 Å². The first-order valence-corrected chi connectivity index (χ1v) is 9.65. The van der Waals surface area contributed by atoms with Crippen LogP contribution in [0.4, 0.5) is 0 Å². The number of hydrogen-bond donors (Lipinski definition) is 3. The van der Waals surface area contributed by atoms with Gasteiger partial charge in [0.25, 0.3) is 11.8 Å². The highest BCUT2D eigenvalue weighted by Gasteiger charge is 2.15. The van der Waals surface area contributed by atoms with Crippen LogP contribution in [0.2, 0.25) is 5.02 Å². The minimum absolute atomic E-state index is 0.0445. The summed E-state index contributed by atoms with van der Waals surface area (Å²) in [5, 5.41) is 2.82. The number of carbonyl (C=O) groups excluding carboxylic acids is 2. The quantitative estimate of drug-likeness (QED) is 0.412. The van der Waals surface area contributed by atoms with Gasteiger partial charge in [-0.2, -0.15) is 0 Å². The van der Waals surface area contributed by atoms with E-state index < -0.39 is 11.8 Å². The number of halogens is 1. The Morgan fingerprint density at radius 3 is 2.50 bits per heavy atom. The third-order valence-electron chi connectivity index (χ3n) is 3.90. The van der Waals surface area contributed by atoms with Gasteiger partial charge in [-0.25, -0.2) is 0 Å². The molecule has 30 heavy (non-hydrogen) atoms. The van der Waals surface area contributed by atoms with Crippen LogP contribution in [0, 0.1) is 6.92 Å². The van der Waals surface area contributed by atoms with Gasteiger partial charge < -0.3 is 9.15 Å².